The largest absolute Gasteiger partial charge is 0.313 e. The van der Waals surface area contributed by atoms with E-state index in [0.717, 1.165) is 5.92 Å². The summed E-state index contributed by atoms with van der Waals surface area (Å²) in [6.07, 6.45) is 6.53. The van der Waals surface area contributed by atoms with Gasteiger partial charge in [0.25, 0.3) is 0 Å². The zero-order chi connectivity index (χ0) is 14.7. The number of hydrogen-bond donors (Lipinski definition) is 1. The van der Waals surface area contributed by atoms with Crippen LogP contribution in [0.25, 0.3) is 0 Å². The zero-order valence-corrected chi connectivity index (χ0v) is 13.6. The minimum Gasteiger partial charge on any atom is -0.313 e. The molecule has 1 aromatic carbocycles. The van der Waals surface area contributed by atoms with Crippen LogP contribution in [0.15, 0.2) is 24.3 Å². The maximum absolute atomic E-state index is 3.71. The molecule has 1 N–H and O–H groups in total. The Bertz CT molecular complexity index is 457. The van der Waals surface area contributed by atoms with Crippen LogP contribution >= 0.6 is 0 Å². The van der Waals surface area contributed by atoms with Crippen LogP contribution in [0.2, 0.25) is 0 Å². The van der Waals surface area contributed by atoms with E-state index in [0.29, 0.717) is 12.1 Å². The number of rotatable bonds is 3. The van der Waals surface area contributed by atoms with Gasteiger partial charge in [-0.2, -0.15) is 0 Å². The van der Waals surface area contributed by atoms with Gasteiger partial charge < -0.3 is 5.32 Å². The highest BCUT2D eigenvalue weighted by Gasteiger charge is 2.27. The third-order valence-electron chi connectivity index (χ3n) is 5.51. The lowest BCUT2D eigenvalue weighted by Crippen LogP contribution is -2.42. The van der Waals surface area contributed by atoms with Gasteiger partial charge in [0.2, 0.25) is 0 Å². The summed E-state index contributed by atoms with van der Waals surface area (Å²) in [7, 11) is 0. The topological polar surface area (TPSA) is 15.3 Å². The molecular formula is C19H30N2. The normalized spacial score (nSPS) is 30.7. The van der Waals surface area contributed by atoms with E-state index in [1.54, 1.807) is 11.1 Å². The van der Waals surface area contributed by atoms with Crippen molar-refractivity contribution >= 4 is 0 Å². The second-order valence-corrected chi connectivity index (χ2v) is 6.94. The van der Waals surface area contributed by atoms with Gasteiger partial charge >= 0.3 is 0 Å². The third-order valence-corrected chi connectivity index (χ3v) is 5.51. The molecule has 2 nitrogen and oxygen atoms in total. The summed E-state index contributed by atoms with van der Waals surface area (Å²) in [6, 6.07) is 10.5. The molecule has 1 aliphatic carbocycles. The molecule has 0 radical (unpaired) electrons. The molecule has 0 aromatic heterocycles. The Morgan fingerprint density at radius 1 is 1.24 bits per heavy atom. The van der Waals surface area contributed by atoms with Crippen molar-refractivity contribution < 1.29 is 0 Å². The molecule has 21 heavy (non-hydrogen) atoms. The van der Waals surface area contributed by atoms with Crippen LogP contribution in [0.1, 0.15) is 56.6 Å². The van der Waals surface area contributed by atoms with Gasteiger partial charge in [-0.1, -0.05) is 31.2 Å². The van der Waals surface area contributed by atoms with Crippen LogP contribution in [-0.4, -0.2) is 36.6 Å². The van der Waals surface area contributed by atoms with Gasteiger partial charge in [-0.15, -0.1) is 0 Å². The molecule has 1 saturated heterocycles. The van der Waals surface area contributed by atoms with Gasteiger partial charge in [0.1, 0.15) is 0 Å². The van der Waals surface area contributed by atoms with Crippen molar-refractivity contribution in [3.05, 3.63) is 35.4 Å². The number of fused-ring (bicyclic) bond motifs is 1. The number of nitrogens with one attached hydrogen (secondary N) is 1. The van der Waals surface area contributed by atoms with Crippen molar-refractivity contribution in [3.8, 4) is 0 Å². The molecule has 0 bridgehead atoms. The van der Waals surface area contributed by atoms with E-state index < -0.39 is 0 Å². The monoisotopic (exact) mass is 286 g/mol. The number of hydrogen-bond acceptors (Lipinski definition) is 2. The van der Waals surface area contributed by atoms with Gasteiger partial charge in [-0.25, -0.2) is 0 Å². The maximum Gasteiger partial charge on any atom is 0.0192 e. The second kappa shape index (κ2) is 6.93. The summed E-state index contributed by atoms with van der Waals surface area (Å²) in [5.74, 6) is 0.744. The minimum atomic E-state index is 0.675. The van der Waals surface area contributed by atoms with E-state index in [9.17, 15) is 0 Å². The standard InChI is InChI=1S/C19H30N2/c1-3-18-14-21(15(2)11-12-20-18)13-17-9-6-8-16-7-4-5-10-19(16)17/h4-5,7,10,15,17-18,20H,3,6,8-9,11-14H2,1-2H3. The van der Waals surface area contributed by atoms with Crippen LogP contribution in [0, 0.1) is 0 Å². The molecule has 1 heterocycles. The molecule has 1 fully saturated rings. The maximum atomic E-state index is 3.71. The summed E-state index contributed by atoms with van der Waals surface area (Å²) in [4.78, 5) is 2.75. The van der Waals surface area contributed by atoms with Crippen molar-refractivity contribution in [1.82, 2.24) is 10.2 Å². The predicted octanol–water partition coefficient (Wildman–Crippen LogP) is 3.57. The van der Waals surface area contributed by atoms with E-state index in [4.69, 9.17) is 0 Å². The first-order valence-electron chi connectivity index (χ1n) is 8.83. The minimum absolute atomic E-state index is 0.675. The highest BCUT2D eigenvalue weighted by Crippen LogP contribution is 2.32. The van der Waals surface area contributed by atoms with Gasteiger partial charge in [0, 0.05) is 25.2 Å². The van der Waals surface area contributed by atoms with Gasteiger partial charge in [-0.05, 0) is 62.6 Å². The van der Waals surface area contributed by atoms with Crippen LogP contribution < -0.4 is 5.32 Å². The van der Waals surface area contributed by atoms with Crippen molar-refractivity contribution in [2.24, 2.45) is 0 Å². The second-order valence-electron chi connectivity index (χ2n) is 6.94. The molecule has 1 aliphatic heterocycles. The molecule has 0 amide bonds. The molecule has 2 heteroatoms. The Morgan fingerprint density at radius 2 is 2.10 bits per heavy atom. The zero-order valence-electron chi connectivity index (χ0n) is 13.6. The smallest absolute Gasteiger partial charge is 0.0192 e. The molecule has 116 valence electrons. The molecule has 0 spiro atoms. The summed E-state index contributed by atoms with van der Waals surface area (Å²) in [6.45, 7) is 8.36. The fourth-order valence-corrected chi connectivity index (χ4v) is 4.06. The predicted molar refractivity (Wildman–Crippen MR) is 89.9 cm³/mol. The van der Waals surface area contributed by atoms with Gasteiger partial charge in [0.05, 0.1) is 0 Å². The molecule has 1 aromatic rings. The highest BCUT2D eigenvalue weighted by atomic mass is 15.2. The lowest BCUT2D eigenvalue weighted by molar-refractivity contribution is 0.185. The highest BCUT2D eigenvalue weighted by molar-refractivity contribution is 5.32. The van der Waals surface area contributed by atoms with E-state index in [2.05, 4.69) is 48.3 Å². The lowest BCUT2D eigenvalue weighted by atomic mass is 9.82. The number of aryl methyl sites for hydroxylation is 1. The Hall–Kier alpha value is -0.860. The van der Waals surface area contributed by atoms with Crippen LogP contribution in [-0.2, 0) is 6.42 Å². The van der Waals surface area contributed by atoms with Crippen LogP contribution in [0.4, 0.5) is 0 Å². The third kappa shape index (κ3) is 3.49. The first kappa shape index (κ1) is 15.1. The molecule has 0 saturated carbocycles. The number of benzene rings is 1. The number of nitrogens with zero attached hydrogens (tertiary/aromatic N) is 1. The molecule has 3 rings (SSSR count). The summed E-state index contributed by atoms with van der Waals surface area (Å²) in [5.41, 5.74) is 3.22. The van der Waals surface area contributed by atoms with Crippen molar-refractivity contribution in [3.63, 3.8) is 0 Å². The average molecular weight is 286 g/mol. The van der Waals surface area contributed by atoms with E-state index in [-0.39, 0.29) is 0 Å². The SMILES string of the molecule is CCC1CN(CC2CCCc3ccccc32)C(C)CCN1. The van der Waals surface area contributed by atoms with Crippen molar-refractivity contribution in [1.29, 1.82) is 0 Å². The lowest BCUT2D eigenvalue weighted by Gasteiger charge is -2.35. The van der Waals surface area contributed by atoms with Gasteiger partial charge in [0.15, 0.2) is 0 Å². The van der Waals surface area contributed by atoms with Crippen LogP contribution in [0.5, 0.6) is 0 Å². The Labute approximate surface area is 129 Å². The summed E-state index contributed by atoms with van der Waals surface area (Å²) >= 11 is 0. The Morgan fingerprint density at radius 3 is 2.95 bits per heavy atom. The first-order chi connectivity index (χ1) is 10.3. The van der Waals surface area contributed by atoms with E-state index >= 15 is 0 Å². The average Bonchev–Trinajstić information content (AvgIpc) is 2.70. The summed E-state index contributed by atoms with van der Waals surface area (Å²) in [5, 5.41) is 3.71. The summed E-state index contributed by atoms with van der Waals surface area (Å²) < 4.78 is 0. The molecular weight excluding hydrogens is 256 g/mol. The van der Waals surface area contributed by atoms with Crippen LogP contribution in [0.3, 0.4) is 0 Å². The van der Waals surface area contributed by atoms with Crippen molar-refractivity contribution in [2.45, 2.75) is 64.0 Å². The van der Waals surface area contributed by atoms with Crippen molar-refractivity contribution in [2.75, 3.05) is 19.6 Å². The van der Waals surface area contributed by atoms with Gasteiger partial charge in [-0.3, -0.25) is 4.90 Å². The van der Waals surface area contributed by atoms with E-state index in [1.807, 2.05) is 0 Å². The quantitative estimate of drug-likeness (QED) is 0.914. The fraction of sp³-hybridized carbons (Fsp3) is 0.684. The molecule has 3 unspecified atom stereocenters. The molecule has 3 atom stereocenters. The Kier molecular flexibility index (Phi) is 4.97. The fourth-order valence-electron chi connectivity index (χ4n) is 4.06. The first-order valence-corrected chi connectivity index (χ1v) is 8.83. The van der Waals surface area contributed by atoms with E-state index in [1.165, 1.54) is 51.7 Å². The molecule has 2 aliphatic rings. The Balaban J connectivity index is 1.73.